The average molecular weight is 295 g/mol. The van der Waals surface area contributed by atoms with E-state index in [1.807, 2.05) is 16.7 Å². The Labute approximate surface area is 123 Å². The standard InChI is InChI=1S/C14H19ClN4O/c1-9(2)8-17-12(20)6-7-19-11-5-3-4-10(15)13(11)18-14(19)16/h3-5,9H,6-8H2,1-2H3,(H2,16,18)(H,17,20). The number of nitrogens with zero attached hydrogens (tertiary/aromatic N) is 2. The van der Waals surface area contributed by atoms with Crippen molar-refractivity contribution in [1.82, 2.24) is 14.9 Å². The molecule has 0 aliphatic heterocycles. The summed E-state index contributed by atoms with van der Waals surface area (Å²) in [6.45, 7) is 5.30. The van der Waals surface area contributed by atoms with Gasteiger partial charge in [-0.3, -0.25) is 4.79 Å². The van der Waals surface area contributed by atoms with E-state index in [1.54, 1.807) is 6.07 Å². The Hall–Kier alpha value is -1.75. The molecule has 108 valence electrons. The van der Waals surface area contributed by atoms with Gasteiger partial charge in [0.05, 0.1) is 10.5 Å². The van der Waals surface area contributed by atoms with E-state index in [9.17, 15) is 4.79 Å². The Morgan fingerprint density at radius 2 is 2.25 bits per heavy atom. The second kappa shape index (κ2) is 6.13. The van der Waals surface area contributed by atoms with E-state index in [-0.39, 0.29) is 5.91 Å². The number of aryl methyl sites for hydroxylation is 1. The van der Waals surface area contributed by atoms with Crippen molar-refractivity contribution in [1.29, 1.82) is 0 Å². The van der Waals surface area contributed by atoms with Crippen LogP contribution in [-0.2, 0) is 11.3 Å². The third-order valence-corrected chi connectivity index (χ3v) is 3.33. The van der Waals surface area contributed by atoms with Gasteiger partial charge < -0.3 is 15.6 Å². The molecule has 20 heavy (non-hydrogen) atoms. The van der Waals surface area contributed by atoms with Gasteiger partial charge in [-0.15, -0.1) is 0 Å². The van der Waals surface area contributed by atoms with E-state index in [0.717, 1.165) is 5.52 Å². The van der Waals surface area contributed by atoms with Crippen LogP contribution in [0.5, 0.6) is 0 Å². The summed E-state index contributed by atoms with van der Waals surface area (Å²) in [7, 11) is 0. The van der Waals surface area contributed by atoms with Gasteiger partial charge in [-0.05, 0) is 18.1 Å². The molecule has 0 atom stereocenters. The number of para-hydroxylation sites is 1. The number of imidazole rings is 1. The molecule has 0 aliphatic rings. The van der Waals surface area contributed by atoms with Crippen molar-refractivity contribution >= 4 is 34.5 Å². The summed E-state index contributed by atoms with van der Waals surface area (Å²) >= 11 is 6.08. The summed E-state index contributed by atoms with van der Waals surface area (Å²) in [6, 6.07) is 5.52. The van der Waals surface area contributed by atoms with Crippen molar-refractivity contribution in [2.75, 3.05) is 12.3 Å². The van der Waals surface area contributed by atoms with Crippen molar-refractivity contribution in [3.8, 4) is 0 Å². The summed E-state index contributed by atoms with van der Waals surface area (Å²) in [6.07, 6.45) is 0.370. The van der Waals surface area contributed by atoms with Gasteiger partial charge in [0, 0.05) is 19.5 Å². The third kappa shape index (κ3) is 3.22. The molecular weight excluding hydrogens is 276 g/mol. The van der Waals surface area contributed by atoms with E-state index in [2.05, 4.69) is 24.1 Å². The maximum Gasteiger partial charge on any atom is 0.221 e. The van der Waals surface area contributed by atoms with Crippen LogP contribution in [0.4, 0.5) is 5.95 Å². The van der Waals surface area contributed by atoms with Crippen LogP contribution in [-0.4, -0.2) is 22.0 Å². The van der Waals surface area contributed by atoms with Gasteiger partial charge in [0.2, 0.25) is 11.9 Å². The maximum absolute atomic E-state index is 11.7. The quantitative estimate of drug-likeness (QED) is 0.889. The minimum atomic E-state index is 0.0157. The first-order chi connectivity index (χ1) is 9.49. The van der Waals surface area contributed by atoms with Gasteiger partial charge in [-0.25, -0.2) is 4.98 Å². The monoisotopic (exact) mass is 294 g/mol. The summed E-state index contributed by atoms with van der Waals surface area (Å²) in [4.78, 5) is 16.0. The van der Waals surface area contributed by atoms with Crippen LogP contribution >= 0.6 is 11.6 Å². The van der Waals surface area contributed by atoms with Crippen molar-refractivity contribution in [3.05, 3.63) is 23.2 Å². The SMILES string of the molecule is CC(C)CNC(=O)CCn1c(N)nc2c(Cl)cccc21. The molecule has 1 aromatic heterocycles. The Morgan fingerprint density at radius 1 is 1.50 bits per heavy atom. The second-order valence-electron chi connectivity index (χ2n) is 5.18. The predicted octanol–water partition coefficient (Wildman–Crippen LogP) is 2.43. The molecule has 1 aromatic carbocycles. The molecule has 5 nitrogen and oxygen atoms in total. The number of aromatic nitrogens is 2. The first-order valence-electron chi connectivity index (χ1n) is 6.66. The summed E-state index contributed by atoms with van der Waals surface area (Å²) in [5, 5.41) is 3.45. The fourth-order valence-electron chi connectivity index (χ4n) is 1.99. The van der Waals surface area contributed by atoms with Crippen LogP contribution < -0.4 is 11.1 Å². The molecule has 0 radical (unpaired) electrons. The van der Waals surface area contributed by atoms with Crippen LogP contribution in [0.1, 0.15) is 20.3 Å². The zero-order chi connectivity index (χ0) is 14.7. The number of nitrogens with two attached hydrogens (primary N) is 1. The molecule has 1 heterocycles. The molecule has 2 aromatic rings. The van der Waals surface area contributed by atoms with Crippen LogP contribution in [0.25, 0.3) is 11.0 Å². The summed E-state index contributed by atoms with van der Waals surface area (Å²) in [5.41, 5.74) is 7.42. The Morgan fingerprint density at radius 3 is 2.95 bits per heavy atom. The molecule has 0 spiro atoms. The number of hydrogen-bond donors (Lipinski definition) is 2. The lowest BCUT2D eigenvalue weighted by molar-refractivity contribution is -0.121. The molecule has 0 unspecified atom stereocenters. The number of nitrogens with one attached hydrogen (secondary N) is 1. The number of amides is 1. The molecule has 0 aliphatic carbocycles. The normalized spacial score (nSPS) is 11.2. The minimum absolute atomic E-state index is 0.0157. The third-order valence-electron chi connectivity index (χ3n) is 3.03. The lowest BCUT2D eigenvalue weighted by Gasteiger charge is -2.09. The zero-order valence-electron chi connectivity index (χ0n) is 11.7. The summed E-state index contributed by atoms with van der Waals surface area (Å²) < 4.78 is 1.82. The second-order valence-corrected chi connectivity index (χ2v) is 5.58. The molecule has 6 heteroatoms. The Balaban J connectivity index is 2.08. The highest BCUT2D eigenvalue weighted by atomic mass is 35.5. The minimum Gasteiger partial charge on any atom is -0.369 e. The Kier molecular flexibility index (Phi) is 4.49. The largest absolute Gasteiger partial charge is 0.369 e. The molecule has 1 amide bonds. The predicted molar refractivity (Wildman–Crippen MR) is 81.6 cm³/mol. The van der Waals surface area contributed by atoms with Crippen LogP contribution in [0.15, 0.2) is 18.2 Å². The lowest BCUT2D eigenvalue weighted by Crippen LogP contribution is -2.28. The van der Waals surface area contributed by atoms with E-state index < -0.39 is 0 Å². The van der Waals surface area contributed by atoms with Gasteiger partial charge in [0.1, 0.15) is 5.52 Å². The highest BCUT2D eigenvalue weighted by Gasteiger charge is 2.11. The van der Waals surface area contributed by atoms with Gasteiger partial charge in [-0.1, -0.05) is 31.5 Å². The van der Waals surface area contributed by atoms with E-state index in [4.69, 9.17) is 17.3 Å². The fraction of sp³-hybridized carbons (Fsp3) is 0.429. The number of anilines is 1. The molecule has 3 N–H and O–H groups in total. The van der Waals surface area contributed by atoms with E-state index in [1.165, 1.54) is 0 Å². The van der Waals surface area contributed by atoms with Gasteiger partial charge >= 0.3 is 0 Å². The first-order valence-corrected chi connectivity index (χ1v) is 7.03. The van der Waals surface area contributed by atoms with Crippen molar-refractivity contribution < 1.29 is 4.79 Å². The van der Waals surface area contributed by atoms with Gasteiger partial charge in [0.15, 0.2) is 0 Å². The zero-order valence-corrected chi connectivity index (χ0v) is 12.4. The molecule has 0 saturated carbocycles. The fourth-order valence-corrected chi connectivity index (χ4v) is 2.20. The molecule has 0 saturated heterocycles. The Bertz CT molecular complexity index is 621. The smallest absolute Gasteiger partial charge is 0.221 e. The highest BCUT2D eigenvalue weighted by Crippen LogP contribution is 2.24. The van der Waals surface area contributed by atoms with Crippen LogP contribution in [0.2, 0.25) is 5.02 Å². The number of halogens is 1. The first kappa shape index (κ1) is 14.7. The number of carbonyl (C=O) groups is 1. The number of rotatable bonds is 5. The topological polar surface area (TPSA) is 72.9 Å². The van der Waals surface area contributed by atoms with Gasteiger partial charge in [-0.2, -0.15) is 0 Å². The highest BCUT2D eigenvalue weighted by molar-refractivity contribution is 6.35. The van der Waals surface area contributed by atoms with Crippen molar-refractivity contribution in [2.45, 2.75) is 26.8 Å². The number of carbonyl (C=O) groups excluding carboxylic acids is 1. The summed E-state index contributed by atoms with van der Waals surface area (Å²) in [5.74, 6) is 0.837. The number of hydrogen-bond acceptors (Lipinski definition) is 3. The molecule has 0 fully saturated rings. The number of fused-ring (bicyclic) bond motifs is 1. The van der Waals surface area contributed by atoms with Crippen LogP contribution in [0, 0.1) is 5.92 Å². The molecule has 0 bridgehead atoms. The number of benzene rings is 1. The van der Waals surface area contributed by atoms with Crippen LogP contribution in [0.3, 0.4) is 0 Å². The van der Waals surface area contributed by atoms with Crippen molar-refractivity contribution in [3.63, 3.8) is 0 Å². The molecule has 2 rings (SSSR count). The average Bonchev–Trinajstić information content (AvgIpc) is 2.71. The van der Waals surface area contributed by atoms with Gasteiger partial charge in [0.25, 0.3) is 0 Å². The van der Waals surface area contributed by atoms with E-state index in [0.29, 0.717) is 41.9 Å². The van der Waals surface area contributed by atoms with Crippen molar-refractivity contribution in [2.24, 2.45) is 5.92 Å². The maximum atomic E-state index is 11.7. The molecular formula is C14H19ClN4O. The van der Waals surface area contributed by atoms with E-state index >= 15 is 0 Å². The number of nitrogen functional groups attached to an aromatic ring is 1. The lowest BCUT2D eigenvalue weighted by atomic mass is 10.2.